The van der Waals surface area contributed by atoms with Crippen molar-refractivity contribution in [3.8, 4) is 0 Å². The summed E-state index contributed by atoms with van der Waals surface area (Å²) in [5, 5.41) is 12.2. The van der Waals surface area contributed by atoms with Crippen molar-refractivity contribution < 1.29 is 19.5 Å². The van der Waals surface area contributed by atoms with Crippen molar-refractivity contribution in [1.82, 2.24) is 15.2 Å². The fraction of sp³-hybridized carbons (Fsp3) is 0.500. The SMILES string of the molecule is CCCCCCCCCCCCNC(=O)c1cccc(CN(Cc2ccccn2)C(=O)C(=O)O)c1. The van der Waals surface area contributed by atoms with E-state index in [1.54, 1.807) is 48.7 Å². The molecule has 0 atom stereocenters. The average Bonchev–Trinajstić information content (AvgIpc) is 2.87. The Bertz CT molecular complexity index is 917. The van der Waals surface area contributed by atoms with E-state index in [4.69, 9.17) is 0 Å². The normalized spacial score (nSPS) is 10.7. The number of carbonyl (C=O) groups excluding carboxylic acids is 2. The summed E-state index contributed by atoms with van der Waals surface area (Å²) >= 11 is 0. The van der Waals surface area contributed by atoms with Gasteiger partial charge < -0.3 is 15.3 Å². The van der Waals surface area contributed by atoms with Crippen LogP contribution in [0, 0.1) is 0 Å². The maximum Gasteiger partial charge on any atom is 0.394 e. The van der Waals surface area contributed by atoms with Crippen LogP contribution in [0.3, 0.4) is 0 Å². The van der Waals surface area contributed by atoms with E-state index in [0.717, 1.165) is 12.8 Å². The summed E-state index contributed by atoms with van der Waals surface area (Å²) in [5.74, 6) is -2.69. The zero-order valence-corrected chi connectivity index (χ0v) is 20.9. The number of aromatic nitrogens is 1. The zero-order chi connectivity index (χ0) is 25.3. The Hall–Kier alpha value is -3.22. The summed E-state index contributed by atoms with van der Waals surface area (Å²) < 4.78 is 0. The first-order chi connectivity index (χ1) is 17.0. The van der Waals surface area contributed by atoms with Gasteiger partial charge in [-0.15, -0.1) is 0 Å². The predicted octanol–water partition coefficient (Wildman–Crippen LogP) is 5.35. The third-order valence-electron chi connectivity index (χ3n) is 5.93. The van der Waals surface area contributed by atoms with Gasteiger partial charge in [0.1, 0.15) is 0 Å². The van der Waals surface area contributed by atoms with Gasteiger partial charge >= 0.3 is 11.9 Å². The number of unbranched alkanes of at least 4 members (excludes halogenated alkanes) is 9. The first-order valence-electron chi connectivity index (χ1n) is 12.8. The van der Waals surface area contributed by atoms with Gasteiger partial charge in [-0.2, -0.15) is 0 Å². The van der Waals surface area contributed by atoms with Crippen molar-refractivity contribution in [2.24, 2.45) is 0 Å². The van der Waals surface area contributed by atoms with Gasteiger partial charge in [-0.1, -0.05) is 82.9 Å². The van der Waals surface area contributed by atoms with Crippen LogP contribution in [0.25, 0.3) is 0 Å². The number of aliphatic carboxylic acids is 1. The molecule has 0 aliphatic heterocycles. The molecule has 0 aliphatic rings. The fourth-order valence-corrected chi connectivity index (χ4v) is 3.97. The van der Waals surface area contributed by atoms with E-state index in [-0.39, 0.29) is 19.0 Å². The molecule has 0 aliphatic carbocycles. The molecule has 35 heavy (non-hydrogen) atoms. The molecule has 2 aromatic rings. The van der Waals surface area contributed by atoms with Crippen LogP contribution >= 0.6 is 0 Å². The Morgan fingerprint density at radius 3 is 2.17 bits per heavy atom. The fourth-order valence-electron chi connectivity index (χ4n) is 3.97. The van der Waals surface area contributed by atoms with Gasteiger partial charge in [-0.25, -0.2) is 4.79 Å². The van der Waals surface area contributed by atoms with Crippen molar-refractivity contribution in [3.63, 3.8) is 0 Å². The highest BCUT2D eigenvalue weighted by molar-refractivity contribution is 6.31. The summed E-state index contributed by atoms with van der Waals surface area (Å²) in [7, 11) is 0. The van der Waals surface area contributed by atoms with Crippen molar-refractivity contribution in [1.29, 1.82) is 0 Å². The van der Waals surface area contributed by atoms with E-state index in [9.17, 15) is 19.5 Å². The maximum absolute atomic E-state index is 12.6. The molecule has 2 N–H and O–H groups in total. The number of rotatable bonds is 16. The van der Waals surface area contributed by atoms with Gasteiger partial charge in [0.25, 0.3) is 5.91 Å². The largest absolute Gasteiger partial charge is 0.474 e. The monoisotopic (exact) mass is 481 g/mol. The lowest BCUT2D eigenvalue weighted by Crippen LogP contribution is -2.35. The number of nitrogens with one attached hydrogen (secondary N) is 1. The van der Waals surface area contributed by atoms with Crippen LogP contribution in [0.5, 0.6) is 0 Å². The molecule has 0 fully saturated rings. The Kier molecular flexibility index (Phi) is 13.1. The first kappa shape index (κ1) is 28.0. The first-order valence-corrected chi connectivity index (χ1v) is 12.8. The minimum Gasteiger partial charge on any atom is -0.474 e. The number of benzene rings is 1. The summed E-state index contributed by atoms with van der Waals surface area (Å²) in [6.45, 7) is 3.00. The topological polar surface area (TPSA) is 99.6 Å². The second-order valence-electron chi connectivity index (χ2n) is 8.93. The predicted molar refractivity (Wildman–Crippen MR) is 137 cm³/mol. The highest BCUT2D eigenvalue weighted by Crippen LogP contribution is 2.13. The van der Waals surface area contributed by atoms with Gasteiger partial charge in [0, 0.05) is 24.8 Å². The Morgan fingerprint density at radius 2 is 1.54 bits per heavy atom. The molecule has 1 aromatic carbocycles. The van der Waals surface area contributed by atoms with Crippen LogP contribution in [0.2, 0.25) is 0 Å². The third kappa shape index (κ3) is 11.2. The van der Waals surface area contributed by atoms with E-state index >= 15 is 0 Å². The quantitative estimate of drug-likeness (QED) is 0.249. The smallest absolute Gasteiger partial charge is 0.394 e. The van der Waals surface area contributed by atoms with Gasteiger partial charge in [0.2, 0.25) is 0 Å². The molecule has 1 aromatic heterocycles. The molecule has 7 heteroatoms. The molecule has 0 unspecified atom stereocenters. The number of amides is 2. The minimum absolute atomic E-state index is 0.0706. The van der Waals surface area contributed by atoms with Gasteiger partial charge in [0.15, 0.2) is 0 Å². The zero-order valence-electron chi connectivity index (χ0n) is 20.9. The minimum atomic E-state index is -1.52. The lowest BCUT2D eigenvalue weighted by Gasteiger charge is -2.20. The number of hydrogen-bond acceptors (Lipinski definition) is 4. The van der Waals surface area contributed by atoms with Crippen LogP contribution in [0.4, 0.5) is 0 Å². The molecular weight excluding hydrogens is 442 g/mol. The summed E-state index contributed by atoms with van der Waals surface area (Å²) in [6.07, 6.45) is 14.0. The van der Waals surface area contributed by atoms with Crippen LogP contribution < -0.4 is 5.32 Å². The second-order valence-corrected chi connectivity index (χ2v) is 8.93. The molecule has 0 bridgehead atoms. The number of carbonyl (C=O) groups is 3. The number of hydrogen-bond donors (Lipinski definition) is 2. The summed E-state index contributed by atoms with van der Waals surface area (Å²) in [4.78, 5) is 41.5. The number of nitrogens with zero attached hydrogens (tertiary/aromatic N) is 2. The molecule has 0 saturated carbocycles. The molecule has 0 radical (unpaired) electrons. The molecule has 2 amide bonds. The van der Waals surface area contributed by atoms with Crippen molar-refractivity contribution in [3.05, 3.63) is 65.5 Å². The average molecular weight is 482 g/mol. The van der Waals surface area contributed by atoms with E-state index in [1.165, 1.54) is 56.3 Å². The van der Waals surface area contributed by atoms with E-state index < -0.39 is 11.9 Å². The van der Waals surface area contributed by atoms with Crippen molar-refractivity contribution in [2.45, 2.75) is 84.2 Å². The molecule has 1 heterocycles. The van der Waals surface area contributed by atoms with Gasteiger partial charge in [-0.3, -0.25) is 14.6 Å². The van der Waals surface area contributed by atoms with E-state index in [2.05, 4.69) is 17.2 Å². The number of carboxylic acids is 1. The molecule has 2 rings (SSSR count). The lowest BCUT2D eigenvalue weighted by atomic mass is 10.1. The number of carboxylic acid groups (broad SMARTS) is 1. The summed E-state index contributed by atoms with van der Waals surface area (Å²) in [6, 6.07) is 12.2. The second kappa shape index (κ2) is 16.4. The van der Waals surface area contributed by atoms with Crippen LogP contribution in [0.15, 0.2) is 48.7 Å². The summed E-state index contributed by atoms with van der Waals surface area (Å²) in [5.41, 5.74) is 1.77. The maximum atomic E-state index is 12.6. The molecule has 7 nitrogen and oxygen atoms in total. The van der Waals surface area contributed by atoms with Gasteiger partial charge in [0.05, 0.1) is 12.2 Å². The highest BCUT2D eigenvalue weighted by Gasteiger charge is 2.22. The standard InChI is InChI=1S/C28H39N3O4/c1-2-3-4-5-6-7-8-9-10-12-19-30-26(32)24-16-14-15-23(20-24)21-31(27(33)28(34)35)22-25-17-11-13-18-29-25/h11,13-18,20H,2-10,12,19,21-22H2,1H3,(H,30,32)(H,34,35). The van der Waals surface area contributed by atoms with Crippen LogP contribution in [-0.4, -0.2) is 39.3 Å². The number of pyridine rings is 1. The molecule has 0 saturated heterocycles. The highest BCUT2D eigenvalue weighted by atomic mass is 16.4. The third-order valence-corrected chi connectivity index (χ3v) is 5.93. The Morgan fingerprint density at radius 1 is 0.857 bits per heavy atom. The Balaban J connectivity index is 1.78. The molecule has 0 spiro atoms. The van der Waals surface area contributed by atoms with Crippen LogP contribution in [0.1, 0.15) is 92.7 Å². The Labute approximate surface area is 209 Å². The van der Waals surface area contributed by atoms with Crippen molar-refractivity contribution >= 4 is 17.8 Å². The molecule has 190 valence electrons. The van der Waals surface area contributed by atoms with Gasteiger partial charge in [-0.05, 0) is 36.2 Å². The lowest BCUT2D eigenvalue weighted by molar-refractivity contribution is -0.156. The van der Waals surface area contributed by atoms with E-state index in [0.29, 0.717) is 23.4 Å². The van der Waals surface area contributed by atoms with E-state index in [1.807, 2.05) is 0 Å². The van der Waals surface area contributed by atoms with Crippen molar-refractivity contribution in [2.75, 3.05) is 6.54 Å². The van der Waals surface area contributed by atoms with Crippen LogP contribution in [-0.2, 0) is 22.7 Å². The molecular formula is C28H39N3O4.